The van der Waals surface area contributed by atoms with Crippen LogP contribution in [0.5, 0.6) is 0 Å². The van der Waals surface area contributed by atoms with E-state index in [4.69, 9.17) is 10.5 Å². The van der Waals surface area contributed by atoms with Gasteiger partial charge in [0.25, 0.3) is 0 Å². The van der Waals surface area contributed by atoms with Gasteiger partial charge in [0, 0.05) is 39.8 Å². The summed E-state index contributed by atoms with van der Waals surface area (Å²) in [6.07, 6.45) is 0. The molecule has 20 heavy (non-hydrogen) atoms. The molecule has 1 atom stereocenters. The molecule has 0 radical (unpaired) electrons. The Morgan fingerprint density at radius 1 is 1.25 bits per heavy atom. The average Bonchev–Trinajstić information content (AvgIpc) is 2.53. The van der Waals surface area contributed by atoms with Gasteiger partial charge in [-0.15, -0.1) is 0 Å². The fourth-order valence-corrected chi connectivity index (χ4v) is 2.41. The maximum absolute atomic E-state index is 12.4. The van der Waals surface area contributed by atoms with E-state index in [0.717, 1.165) is 44.9 Å². The highest BCUT2D eigenvalue weighted by Gasteiger charge is 2.25. The smallest absolute Gasteiger partial charge is 0.244 e. The summed E-state index contributed by atoms with van der Waals surface area (Å²) in [6.45, 7) is 4.90. The first-order valence-electron chi connectivity index (χ1n) is 7.03. The predicted octanol–water partition coefficient (Wildman–Crippen LogP) is 0.477. The molecule has 1 fully saturated rings. The molecule has 1 aromatic rings. The lowest BCUT2D eigenvalue weighted by molar-refractivity contribution is -0.134. The molecule has 0 aromatic heterocycles. The van der Waals surface area contributed by atoms with Gasteiger partial charge >= 0.3 is 0 Å². The second-order valence-corrected chi connectivity index (χ2v) is 5.05. The first kappa shape index (κ1) is 15.0. The summed E-state index contributed by atoms with van der Waals surface area (Å²) in [4.78, 5) is 16.5. The van der Waals surface area contributed by atoms with E-state index in [9.17, 15) is 4.79 Å². The van der Waals surface area contributed by atoms with Crippen molar-refractivity contribution in [2.24, 2.45) is 5.73 Å². The number of carbonyl (C=O) groups is 1. The lowest BCUT2D eigenvalue weighted by Gasteiger charge is -2.35. The van der Waals surface area contributed by atoms with Crippen LogP contribution in [-0.4, -0.2) is 62.1 Å². The Morgan fingerprint density at radius 3 is 2.50 bits per heavy atom. The summed E-state index contributed by atoms with van der Waals surface area (Å²) in [5.74, 6) is 0.0163. The second-order valence-electron chi connectivity index (χ2n) is 5.05. The van der Waals surface area contributed by atoms with E-state index in [1.165, 1.54) is 0 Å². The van der Waals surface area contributed by atoms with Crippen molar-refractivity contribution in [3.05, 3.63) is 35.9 Å². The number of ether oxygens (including phenoxy) is 1. The molecule has 0 saturated carbocycles. The van der Waals surface area contributed by atoms with Crippen molar-refractivity contribution in [1.82, 2.24) is 9.80 Å². The maximum atomic E-state index is 12.4. The molecule has 0 spiro atoms. The normalized spacial score (nSPS) is 18.0. The van der Waals surface area contributed by atoms with Crippen molar-refractivity contribution in [2.45, 2.75) is 6.04 Å². The Bertz CT molecular complexity index is 416. The van der Waals surface area contributed by atoms with Gasteiger partial charge in [-0.1, -0.05) is 30.3 Å². The topological polar surface area (TPSA) is 58.8 Å². The van der Waals surface area contributed by atoms with Crippen LogP contribution in [0.25, 0.3) is 0 Å². The van der Waals surface area contributed by atoms with E-state index in [1.54, 1.807) is 7.11 Å². The van der Waals surface area contributed by atoms with Gasteiger partial charge in [0.15, 0.2) is 0 Å². The number of amides is 1. The summed E-state index contributed by atoms with van der Waals surface area (Å²) in [6, 6.07) is 8.99. The second kappa shape index (κ2) is 7.38. The zero-order valence-electron chi connectivity index (χ0n) is 12.0. The Balaban J connectivity index is 1.85. The number of rotatable bonds is 5. The number of nitrogens with two attached hydrogens (primary N) is 1. The van der Waals surface area contributed by atoms with Crippen molar-refractivity contribution < 1.29 is 9.53 Å². The van der Waals surface area contributed by atoms with Crippen molar-refractivity contribution in [3.8, 4) is 0 Å². The van der Waals surface area contributed by atoms with E-state index >= 15 is 0 Å². The maximum Gasteiger partial charge on any atom is 0.244 e. The summed E-state index contributed by atoms with van der Waals surface area (Å²) >= 11 is 0. The summed E-state index contributed by atoms with van der Waals surface area (Å²) in [5.41, 5.74) is 6.93. The molecule has 1 aromatic carbocycles. The van der Waals surface area contributed by atoms with Gasteiger partial charge in [-0.3, -0.25) is 9.69 Å². The SMILES string of the molecule is COCCN1CCN(C(=O)C(N)c2ccccc2)CC1. The number of hydrogen-bond donors (Lipinski definition) is 1. The molecule has 2 rings (SSSR count). The Morgan fingerprint density at radius 2 is 1.90 bits per heavy atom. The quantitative estimate of drug-likeness (QED) is 0.850. The number of hydrogen-bond acceptors (Lipinski definition) is 4. The van der Waals surface area contributed by atoms with E-state index in [1.807, 2.05) is 35.2 Å². The van der Waals surface area contributed by atoms with Gasteiger partial charge in [0.1, 0.15) is 6.04 Å². The Labute approximate surface area is 120 Å². The highest BCUT2D eigenvalue weighted by Crippen LogP contribution is 2.14. The zero-order chi connectivity index (χ0) is 14.4. The number of piperazine rings is 1. The number of methoxy groups -OCH3 is 1. The minimum absolute atomic E-state index is 0.0163. The van der Waals surface area contributed by atoms with Crippen LogP contribution >= 0.6 is 0 Å². The monoisotopic (exact) mass is 277 g/mol. The molecule has 1 aliphatic rings. The van der Waals surface area contributed by atoms with Crippen LogP contribution in [0.1, 0.15) is 11.6 Å². The molecule has 1 amide bonds. The third kappa shape index (κ3) is 3.79. The van der Waals surface area contributed by atoms with Crippen LogP contribution in [0.3, 0.4) is 0 Å². The molecular weight excluding hydrogens is 254 g/mol. The van der Waals surface area contributed by atoms with Gasteiger partial charge < -0.3 is 15.4 Å². The number of nitrogens with zero attached hydrogens (tertiary/aromatic N) is 2. The molecule has 0 bridgehead atoms. The molecule has 1 saturated heterocycles. The molecule has 1 heterocycles. The molecule has 2 N–H and O–H groups in total. The highest BCUT2D eigenvalue weighted by molar-refractivity contribution is 5.83. The van der Waals surface area contributed by atoms with Gasteiger partial charge in [0.2, 0.25) is 5.91 Å². The fraction of sp³-hybridized carbons (Fsp3) is 0.533. The molecule has 0 aliphatic carbocycles. The zero-order valence-corrected chi connectivity index (χ0v) is 12.0. The van der Waals surface area contributed by atoms with Crippen molar-refractivity contribution in [2.75, 3.05) is 46.4 Å². The first-order valence-corrected chi connectivity index (χ1v) is 7.03. The van der Waals surface area contributed by atoms with E-state index in [0.29, 0.717) is 0 Å². The van der Waals surface area contributed by atoms with Crippen LogP contribution in [0.4, 0.5) is 0 Å². The van der Waals surface area contributed by atoms with E-state index < -0.39 is 6.04 Å². The molecule has 1 unspecified atom stereocenters. The standard InChI is InChI=1S/C15H23N3O2/c1-20-12-11-17-7-9-18(10-8-17)15(19)14(16)13-5-3-2-4-6-13/h2-6,14H,7-12,16H2,1H3. The van der Waals surface area contributed by atoms with Crippen LogP contribution < -0.4 is 5.73 Å². The lowest BCUT2D eigenvalue weighted by Crippen LogP contribution is -2.51. The first-order chi connectivity index (χ1) is 9.72. The lowest BCUT2D eigenvalue weighted by atomic mass is 10.1. The van der Waals surface area contributed by atoms with Gasteiger partial charge in [-0.25, -0.2) is 0 Å². The van der Waals surface area contributed by atoms with Crippen molar-refractivity contribution in [3.63, 3.8) is 0 Å². The van der Waals surface area contributed by atoms with Crippen molar-refractivity contribution >= 4 is 5.91 Å². The van der Waals surface area contributed by atoms with Crippen LogP contribution in [0.2, 0.25) is 0 Å². The predicted molar refractivity (Wildman–Crippen MR) is 78.3 cm³/mol. The van der Waals surface area contributed by atoms with Gasteiger partial charge in [-0.2, -0.15) is 0 Å². The van der Waals surface area contributed by atoms with E-state index in [2.05, 4.69) is 4.90 Å². The Kier molecular flexibility index (Phi) is 5.52. The Hall–Kier alpha value is -1.43. The number of carbonyl (C=O) groups excluding carboxylic acids is 1. The molecule has 5 nitrogen and oxygen atoms in total. The molecule has 5 heteroatoms. The highest BCUT2D eigenvalue weighted by atomic mass is 16.5. The van der Waals surface area contributed by atoms with Crippen molar-refractivity contribution in [1.29, 1.82) is 0 Å². The van der Waals surface area contributed by atoms with Crippen LogP contribution in [0.15, 0.2) is 30.3 Å². The summed E-state index contributed by atoms with van der Waals surface area (Å²) in [5, 5.41) is 0. The van der Waals surface area contributed by atoms with Gasteiger partial charge in [0.05, 0.1) is 6.61 Å². The van der Waals surface area contributed by atoms with Crippen LogP contribution in [0, 0.1) is 0 Å². The van der Waals surface area contributed by atoms with Crippen LogP contribution in [-0.2, 0) is 9.53 Å². The fourth-order valence-electron chi connectivity index (χ4n) is 2.41. The number of benzene rings is 1. The third-order valence-corrected chi connectivity index (χ3v) is 3.72. The molecular formula is C15H23N3O2. The van der Waals surface area contributed by atoms with E-state index in [-0.39, 0.29) is 5.91 Å². The third-order valence-electron chi connectivity index (χ3n) is 3.72. The minimum atomic E-state index is -0.554. The largest absolute Gasteiger partial charge is 0.383 e. The average molecular weight is 277 g/mol. The molecule has 1 aliphatic heterocycles. The summed E-state index contributed by atoms with van der Waals surface area (Å²) < 4.78 is 5.07. The minimum Gasteiger partial charge on any atom is -0.383 e. The molecule has 110 valence electrons. The van der Waals surface area contributed by atoms with Gasteiger partial charge in [-0.05, 0) is 5.56 Å². The summed E-state index contributed by atoms with van der Waals surface area (Å²) in [7, 11) is 1.71.